The number of rotatable bonds is 3. The van der Waals surface area contributed by atoms with E-state index in [1.54, 1.807) is 18.2 Å². The van der Waals surface area contributed by atoms with E-state index in [1.807, 2.05) is 23.7 Å². The fraction of sp³-hybridized carbons (Fsp3) is 0.222. The van der Waals surface area contributed by atoms with Gasteiger partial charge >= 0.3 is 5.97 Å². The second-order valence-corrected chi connectivity index (χ2v) is 3.42. The molecule has 0 aliphatic rings. The van der Waals surface area contributed by atoms with Gasteiger partial charge in [0, 0.05) is 13.3 Å². The van der Waals surface area contributed by atoms with E-state index in [2.05, 4.69) is 0 Å². The van der Waals surface area contributed by atoms with Crippen LogP contribution in [0.1, 0.15) is 10.4 Å². The molecule has 1 rings (SSSR count). The van der Waals surface area contributed by atoms with Crippen LogP contribution in [0, 0.1) is 0 Å². The first-order valence-electron chi connectivity index (χ1n) is 3.77. The summed E-state index contributed by atoms with van der Waals surface area (Å²) >= 11 is 1.48. The third kappa shape index (κ3) is 2.15. The molecule has 1 aromatic carbocycles. The zero-order valence-corrected chi connectivity index (χ0v) is 8.34. The van der Waals surface area contributed by atoms with Crippen molar-refractivity contribution in [2.45, 2.75) is 0 Å². The molecule has 70 valence electrons. The third-order valence-corrected chi connectivity index (χ3v) is 2.49. The van der Waals surface area contributed by atoms with Crippen LogP contribution in [0.4, 0.5) is 5.69 Å². The average molecular weight is 197 g/mol. The lowest BCUT2D eigenvalue weighted by molar-refractivity contribution is 0.0698. The molecule has 0 heterocycles. The Morgan fingerprint density at radius 1 is 1.46 bits per heavy atom. The molecule has 0 aliphatic carbocycles. The third-order valence-electron chi connectivity index (χ3n) is 1.75. The van der Waals surface area contributed by atoms with Gasteiger partial charge in [-0.3, -0.25) is 0 Å². The molecular weight excluding hydrogens is 186 g/mol. The first-order chi connectivity index (χ1) is 6.16. The highest BCUT2D eigenvalue weighted by molar-refractivity contribution is 7.99. The molecule has 0 radical (unpaired) electrons. The highest BCUT2D eigenvalue weighted by atomic mass is 32.2. The van der Waals surface area contributed by atoms with Gasteiger partial charge in [0.1, 0.15) is 0 Å². The van der Waals surface area contributed by atoms with Crippen LogP contribution in [0.3, 0.4) is 0 Å². The molecular formula is C9H11NO2S. The first-order valence-corrected chi connectivity index (χ1v) is 4.95. The Balaban J connectivity index is 3.11. The zero-order valence-electron chi connectivity index (χ0n) is 7.52. The molecule has 3 nitrogen and oxygen atoms in total. The van der Waals surface area contributed by atoms with Crippen LogP contribution in [-0.2, 0) is 0 Å². The molecule has 0 unspecified atom stereocenters. The molecule has 0 fully saturated rings. The van der Waals surface area contributed by atoms with Crippen molar-refractivity contribution in [3.63, 3.8) is 0 Å². The number of aromatic carboxylic acids is 1. The molecule has 1 aromatic rings. The Hall–Kier alpha value is -1.16. The van der Waals surface area contributed by atoms with Gasteiger partial charge in [0.15, 0.2) is 0 Å². The summed E-state index contributed by atoms with van der Waals surface area (Å²) in [5, 5.41) is 8.87. The van der Waals surface area contributed by atoms with Crippen molar-refractivity contribution in [2.24, 2.45) is 0 Å². The first kappa shape index (κ1) is 9.92. The Morgan fingerprint density at radius 2 is 2.08 bits per heavy atom. The normalized spacial score (nSPS) is 9.69. The summed E-state index contributed by atoms with van der Waals surface area (Å²) < 4.78 is 1.82. The highest BCUT2D eigenvalue weighted by Crippen LogP contribution is 2.23. The smallest absolute Gasteiger partial charge is 0.337 e. The lowest BCUT2D eigenvalue weighted by Gasteiger charge is -2.17. The second kappa shape index (κ2) is 4.18. The van der Waals surface area contributed by atoms with Crippen molar-refractivity contribution in [3.8, 4) is 0 Å². The van der Waals surface area contributed by atoms with Crippen molar-refractivity contribution in [2.75, 3.05) is 17.6 Å². The van der Waals surface area contributed by atoms with Crippen LogP contribution >= 0.6 is 11.9 Å². The van der Waals surface area contributed by atoms with E-state index in [4.69, 9.17) is 5.11 Å². The monoisotopic (exact) mass is 197 g/mol. The second-order valence-electron chi connectivity index (χ2n) is 2.50. The van der Waals surface area contributed by atoms with Crippen molar-refractivity contribution >= 4 is 23.6 Å². The van der Waals surface area contributed by atoms with Crippen molar-refractivity contribution in [1.29, 1.82) is 0 Å². The van der Waals surface area contributed by atoms with Crippen LogP contribution in [0.2, 0.25) is 0 Å². The molecule has 0 bridgehead atoms. The predicted molar refractivity (Wildman–Crippen MR) is 55.3 cm³/mol. The fourth-order valence-corrected chi connectivity index (χ4v) is 1.38. The van der Waals surface area contributed by atoms with E-state index in [0.29, 0.717) is 5.56 Å². The average Bonchev–Trinajstić information content (AvgIpc) is 2.16. The number of hydrogen-bond acceptors (Lipinski definition) is 3. The summed E-state index contributed by atoms with van der Waals surface area (Å²) in [6, 6.07) is 6.94. The quantitative estimate of drug-likeness (QED) is 0.753. The maximum Gasteiger partial charge on any atom is 0.337 e. The fourth-order valence-electron chi connectivity index (χ4n) is 1.03. The number of para-hydroxylation sites is 1. The van der Waals surface area contributed by atoms with Gasteiger partial charge in [0.2, 0.25) is 0 Å². The standard InChI is InChI=1S/C9H11NO2S/c1-10(13-2)8-6-4-3-5-7(8)9(11)12/h3-6H,1-2H3,(H,11,12). The van der Waals surface area contributed by atoms with Gasteiger partial charge in [-0.2, -0.15) is 0 Å². The predicted octanol–water partition coefficient (Wildman–Crippen LogP) is 2.10. The Morgan fingerprint density at radius 3 is 2.62 bits per heavy atom. The summed E-state index contributed by atoms with van der Waals surface area (Å²) in [7, 11) is 1.84. The van der Waals surface area contributed by atoms with Crippen molar-refractivity contribution in [3.05, 3.63) is 29.8 Å². The molecule has 13 heavy (non-hydrogen) atoms. The van der Waals surface area contributed by atoms with E-state index < -0.39 is 5.97 Å². The summed E-state index contributed by atoms with van der Waals surface area (Å²) in [6.45, 7) is 0. The van der Waals surface area contributed by atoms with Crippen molar-refractivity contribution in [1.82, 2.24) is 0 Å². The maximum absolute atomic E-state index is 10.8. The van der Waals surface area contributed by atoms with E-state index in [9.17, 15) is 4.79 Å². The van der Waals surface area contributed by atoms with Crippen molar-refractivity contribution < 1.29 is 9.90 Å². The molecule has 0 saturated carbocycles. The number of nitrogens with zero attached hydrogens (tertiary/aromatic N) is 1. The zero-order chi connectivity index (χ0) is 9.84. The van der Waals surface area contributed by atoms with E-state index in [-0.39, 0.29) is 0 Å². The number of carboxylic acid groups (broad SMARTS) is 1. The largest absolute Gasteiger partial charge is 0.478 e. The molecule has 0 atom stereocenters. The number of carboxylic acids is 1. The minimum Gasteiger partial charge on any atom is -0.478 e. The van der Waals surface area contributed by atoms with E-state index >= 15 is 0 Å². The van der Waals surface area contributed by atoms with Gasteiger partial charge in [-0.15, -0.1) is 0 Å². The van der Waals surface area contributed by atoms with E-state index in [1.165, 1.54) is 11.9 Å². The number of benzene rings is 1. The summed E-state index contributed by atoms with van der Waals surface area (Å²) in [5.41, 5.74) is 1.06. The number of anilines is 1. The number of carbonyl (C=O) groups is 1. The van der Waals surface area contributed by atoms with Gasteiger partial charge in [-0.25, -0.2) is 4.79 Å². The minimum absolute atomic E-state index is 0.333. The van der Waals surface area contributed by atoms with Gasteiger partial charge in [-0.05, 0) is 12.1 Å². The molecule has 0 aliphatic heterocycles. The van der Waals surface area contributed by atoms with Crippen LogP contribution < -0.4 is 4.31 Å². The Labute approximate surface area is 81.5 Å². The summed E-state index contributed by atoms with van der Waals surface area (Å²) in [5.74, 6) is -0.892. The summed E-state index contributed by atoms with van der Waals surface area (Å²) in [6.07, 6.45) is 1.90. The van der Waals surface area contributed by atoms with Crippen LogP contribution in [0.25, 0.3) is 0 Å². The lowest BCUT2D eigenvalue weighted by atomic mass is 10.2. The highest BCUT2D eigenvalue weighted by Gasteiger charge is 2.11. The van der Waals surface area contributed by atoms with Gasteiger partial charge in [0.25, 0.3) is 0 Å². The molecule has 0 spiro atoms. The molecule has 0 amide bonds. The van der Waals surface area contributed by atoms with Crippen LogP contribution in [0.5, 0.6) is 0 Å². The molecule has 0 aromatic heterocycles. The lowest BCUT2D eigenvalue weighted by Crippen LogP contribution is -2.10. The topological polar surface area (TPSA) is 40.5 Å². The van der Waals surface area contributed by atoms with Gasteiger partial charge in [0.05, 0.1) is 11.3 Å². The van der Waals surface area contributed by atoms with Gasteiger partial charge < -0.3 is 9.41 Å². The number of hydrogen-bond donors (Lipinski definition) is 1. The minimum atomic E-state index is -0.892. The Bertz CT molecular complexity index is 314. The maximum atomic E-state index is 10.8. The van der Waals surface area contributed by atoms with E-state index in [0.717, 1.165) is 5.69 Å². The Kier molecular flexibility index (Phi) is 3.19. The molecule has 4 heteroatoms. The molecule has 0 saturated heterocycles. The van der Waals surface area contributed by atoms with Gasteiger partial charge in [-0.1, -0.05) is 24.1 Å². The van der Waals surface area contributed by atoms with Crippen LogP contribution in [0.15, 0.2) is 24.3 Å². The van der Waals surface area contributed by atoms with Crippen LogP contribution in [-0.4, -0.2) is 24.4 Å². The summed E-state index contributed by atoms with van der Waals surface area (Å²) in [4.78, 5) is 10.8. The molecule has 1 N–H and O–H groups in total. The SMILES string of the molecule is CSN(C)c1ccccc1C(=O)O.